The standard InChI is InChI=1S/C21H19ClFN3O2/c1-13(14-4-8-17(23)9-5-14)24-21(27)19-10-18-12-28-20(11-26(18)25-19)15-2-6-16(22)7-3-15/h2-10,13,20H,11-12H2,1H3,(H,24,27)/t13-,20-/m1/s1. The molecule has 1 aliphatic heterocycles. The third kappa shape index (κ3) is 3.93. The van der Waals surface area contributed by atoms with Crippen molar-refractivity contribution in [1.29, 1.82) is 0 Å². The Hall–Kier alpha value is -2.70. The first kappa shape index (κ1) is 18.7. The van der Waals surface area contributed by atoms with Gasteiger partial charge in [0.25, 0.3) is 5.91 Å². The Labute approximate surface area is 167 Å². The molecule has 2 heterocycles. The first-order valence-electron chi connectivity index (χ1n) is 9.00. The van der Waals surface area contributed by atoms with Gasteiger partial charge in [0, 0.05) is 5.02 Å². The van der Waals surface area contributed by atoms with Crippen LogP contribution in [0, 0.1) is 5.82 Å². The molecule has 1 aromatic heterocycles. The van der Waals surface area contributed by atoms with Crippen molar-refractivity contribution in [2.75, 3.05) is 0 Å². The molecule has 144 valence electrons. The van der Waals surface area contributed by atoms with Crippen LogP contribution in [0.25, 0.3) is 0 Å². The Morgan fingerprint density at radius 2 is 1.96 bits per heavy atom. The maximum Gasteiger partial charge on any atom is 0.272 e. The number of carbonyl (C=O) groups is 1. The molecule has 5 nitrogen and oxygen atoms in total. The van der Waals surface area contributed by atoms with Gasteiger partial charge in [0.1, 0.15) is 11.9 Å². The van der Waals surface area contributed by atoms with E-state index >= 15 is 0 Å². The van der Waals surface area contributed by atoms with Crippen molar-refractivity contribution in [2.24, 2.45) is 0 Å². The van der Waals surface area contributed by atoms with E-state index in [9.17, 15) is 9.18 Å². The van der Waals surface area contributed by atoms with Crippen molar-refractivity contribution in [3.63, 3.8) is 0 Å². The fourth-order valence-corrected chi connectivity index (χ4v) is 3.35. The maximum atomic E-state index is 13.1. The van der Waals surface area contributed by atoms with E-state index in [4.69, 9.17) is 16.3 Å². The van der Waals surface area contributed by atoms with E-state index in [1.807, 2.05) is 31.2 Å². The van der Waals surface area contributed by atoms with Crippen LogP contribution in [0.3, 0.4) is 0 Å². The molecule has 0 radical (unpaired) electrons. The molecule has 0 spiro atoms. The van der Waals surface area contributed by atoms with Crippen LogP contribution >= 0.6 is 11.6 Å². The van der Waals surface area contributed by atoms with E-state index in [1.165, 1.54) is 12.1 Å². The van der Waals surface area contributed by atoms with Crippen LogP contribution in [0.5, 0.6) is 0 Å². The summed E-state index contributed by atoms with van der Waals surface area (Å²) in [6.45, 7) is 2.75. The van der Waals surface area contributed by atoms with Gasteiger partial charge in [-0.05, 0) is 48.4 Å². The fourth-order valence-electron chi connectivity index (χ4n) is 3.22. The number of amides is 1. The van der Waals surface area contributed by atoms with Crippen LogP contribution in [0.4, 0.5) is 4.39 Å². The van der Waals surface area contributed by atoms with Gasteiger partial charge >= 0.3 is 0 Å². The molecule has 0 saturated carbocycles. The van der Waals surface area contributed by atoms with E-state index in [-0.39, 0.29) is 23.9 Å². The van der Waals surface area contributed by atoms with Crippen molar-refractivity contribution < 1.29 is 13.9 Å². The van der Waals surface area contributed by atoms with Gasteiger partial charge in [-0.3, -0.25) is 9.48 Å². The highest BCUT2D eigenvalue weighted by Gasteiger charge is 2.24. The summed E-state index contributed by atoms with van der Waals surface area (Å²) in [5, 5.41) is 8.02. The number of carbonyl (C=O) groups excluding carboxylic acids is 1. The van der Waals surface area contributed by atoms with E-state index in [1.54, 1.807) is 22.9 Å². The third-order valence-electron chi connectivity index (χ3n) is 4.83. The van der Waals surface area contributed by atoms with Crippen LogP contribution in [0.1, 0.15) is 46.4 Å². The average Bonchev–Trinajstić information content (AvgIpc) is 3.12. The number of nitrogens with zero attached hydrogens (tertiary/aromatic N) is 2. The van der Waals surface area contributed by atoms with E-state index < -0.39 is 0 Å². The number of hydrogen-bond acceptors (Lipinski definition) is 3. The van der Waals surface area contributed by atoms with Crippen LogP contribution in [-0.2, 0) is 17.9 Å². The molecule has 2 atom stereocenters. The number of benzene rings is 2. The number of ether oxygens (including phenoxy) is 1. The normalized spacial score (nSPS) is 17.0. The third-order valence-corrected chi connectivity index (χ3v) is 5.08. The molecular formula is C21H19ClFN3O2. The molecule has 1 amide bonds. The first-order valence-corrected chi connectivity index (χ1v) is 9.37. The minimum atomic E-state index is -0.306. The number of halogens is 2. The lowest BCUT2D eigenvalue weighted by Gasteiger charge is -2.24. The number of rotatable bonds is 4. The van der Waals surface area contributed by atoms with Gasteiger partial charge in [0.15, 0.2) is 5.69 Å². The molecule has 0 unspecified atom stereocenters. The smallest absolute Gasteiger partial charge is 0.272 e. The summed E-state index contributed by atoms with van der Waals surface area (Å²) in [7, 11) is 0. The van der Waals surface area contributed by atoms with Gasteiger partial charge in [0.05, 0.1) is 24.9 Å². The molecule has 4 rings (SSSR count). The lowest BCUT2D eigenvalue weighted by atomic mass is 10.1. The highest BCUT2D eigenvalue weighted by atomic mass is 35.5. The monoisotopic (exact) mass is 399 g/mol. The zero-order valence-corrected chi connectivity index (χ0v) is 16.0. The van der Waals surface area contributed by atoms with Crippen LogP contribution in [0.15, 0.2) is 54.6 Å². The molecule has 2 aromatic carbocycles. The second-order valence-electron chi connectivity index (χ2n) is 6.80. The van der Waals surface area contributed by atoms with Gasteiger partial charge in [-0.15, -0.1) is 0 Å². The van der Waals surface area contributed by atoms with Crippen LogP contribution in [-0.4, -0.2) is 15.7 Å². The fraction of sp³-hybridized carbons (Fsp3) is 0.238. The quantitative estimate of drug-likeness (QED) is 0.705. The molecular weight excluding hydrogens is 381 g/mol. The van der Waals surface area contributed by atoms with Gasteiger partial charge in [-0.1, -0.05) is 35.9 Å². The first-order chi connectivity index (χ1) is 13.5. The number of fused-ring (bicyclic) bond motifs is 1. The number of nitrogens with one attached hydrogen (secondary N) is 1. The Morgan fingerprint density at radius 1 is 1.25 bits per heavy atom. The van der Waals surface area contributed by atoms with Gasteiger partial charge in [-0.25, -0.2) is 4.39 Å². The Bertz CT molecular complexity index is 986. The molecule has 28 heavy (non-hydrogen) atoms. The summed E-state index contributed by atoms with van der Waals surface area (Å²) in [6, 6.07) is 15.1. The molecule has 1 aliphatic rings. The predicted molar refractivity (Wildman–Crippen MR) is 103 cm³/mol. The molecule has 1 N–H and O–H groups in total. The molecule has 0 bridgehead atoms. The number of aromatic nitrogens is 2. The second-order valence-corrected chi connectivity index (χ2v) is 7.24. The molecule has 0 aliphatic carbocycles. The topological polar surface area (TPSA) is 56.2 Å². The van der Waals surface area contributed by atoms with Gasteiger partial charge < -0.3 is 10.1 Å². The molecule has 0 saturated heterocycles. The molecule has 7 heteroatoms. The van der Waals surface area contributed by atoms with Crippen molar-refractivity contribution in [2.45, 2.75) is 32.2 Å². The summed E-state index contributed by atoms with van der Waals surface area (Å²) >= 11 is 5.94. The van der Waals surface area contributed by atoms with Gasteiger partial charge in [0.2, 0.25) is 0 Å². The average molecular weight is 400 g/mol. The van der Waals surface area contributed by atoms with Crippen molar-refractivity contribution >= 4 is 17.5 Å². The maximum absolute atomic E-state index is 13.1. The minimum absolute atomic E-state index is 0.140. The van der Waals surface area contributed by atoms with Crippen LogP contribution in [0.2, 0.25) is 5.02 Å². The van der Waals surface area contributed by atoms with Gasteiger partial charge in [-0.2, -0.15) is 5.10 Å². The zero-order chi connectivity index (χ0) is 19.7. The Morgan fingerprint density at radius 3 is 2.68 bits per heavy atom. The Kier molecular flexibility index (Phi) is 5.15. The Balaban J connectivity index is 1.45. The summed E-state index contributed by atoms with van der Waals surface area (Å²) in [5.41, 5.74) is 3.03. The minimum Gasteiger partial charge on any atom is -0.365 e. The summed E-state index contributed by atoms with van der Waals surface area (Å²) < 4.78 is 20.8. The lowest BCUT2D eigenvalue weighted by Crippen LogP contribution is -2.27. The van der Waals surface area contributed by atoms with E-state index in [2.05, 4.69) is 10.4 Å². The van der Waals surface area contributed by atoms with E-state index in [0.717, 1.165) is 16.8 Å². The summed E-state index contributed by atoms with van der Waals surface area (Å²) in [6.07, 6.45) is -0.140. The second kappa shape index (κ2) is 7.73. The largest absolute Gasteiger partial charge is 0.365 e. The lowest BCUT2D eigenvalue weighted by molar-refractivity contribution is -0.00119. The van der Waals surface area contributed by atoms with Crippen LogP contribution < -0.4 is 5.32 Å². The highest BCUT2D eigenvalue weighted by Crippen LogP contribution is 2.27. The highest BCUT2D eigenvalue weighted by molar-refractivity contribution is 6.30. The number of hydrogen-bond donors (Lipinski definition) is 1. The van der Waals surface area contributed by atoms with Crippen molar-refractivity contribution in [3.8, 4) is 0 Å². The van der Waals surface area contributed by atoms with Crippen molar-refractivity contribution in [3.05, 3.63) is 88.0 Å². The predicted octanol–water partition coefficient (Wildman–Crippen LogP) is 4.44. The SMILES string of the molecule is C[C@@H](NC(=O)c1cc2n(n1)C[C@H](c1ccc(Cl)cc1)OC2)c1ccc(F)cc1. The summed E-state index contributed by atoms with van der Waals surface area (Å²) in [4.78, 5) is 12.6. The molecule has 3 aromatic rings. The van der Waals surface area contributed by atoms with E-state index in [0.29, 0.717) is 23.9 Å². The zero-order valence-electron chi connectivity index (χ0n) is 15.2. The summed E-state index contributed by atoms with van der Waals surface area (Å²) in [5.74, 6) is -0.582. The van der Waals surface area contributed by atoms with Crippen molar-refractivity contribution in [1.82, 2.24) is 15.1 Å². The molecule has 0 fully saturated rings.